The Morgan fingerprint density at radius 2 is 1.88 bits per heavy atom. The molecule has 0 bridgehead atoms. The molecule has 0 N–H and O–H groups in total. The number of halogens is 3. The molecule has 0 radical (unpaired) electrons. The van der Waals surface area contributed by atoms with Crippen LogP contribution < -0.4 is 0 Å². The van der Waals surface area contributed by atoms with E-state index < -0.39 is 27.5 Å². The van der Waals surface area contributed by atoms with Gasteiger partial charge in [0.1, 0.15) is 6.61 Å². The summed E-state index contributed by atoms with van der Waals surface area (Å²) in [5, 5.41) is 0. The number of ether oxygens (including phenoxy) is 1. The molecule has 0 spiro atoms. The first-order valence-electron chi connectivity index (χ1n) is 5.11. The molecule has 0 aromatic rings. The minimum absolute atomic E-state index is 0.0449. The minimum Gasteiger partial charge on any atom is -0.375 e. The molecule has 7 heteroatoms. The second-order valence-electron chi connectivity index (χ2n) is 4.30. The fourth-order valence-corrected chi connectivity index (χ4v) is 3.98. The molecule has 0 aliphatic heterocycles. The van der Waals surface area contributed by atoms with Crippen LogP contribution in [0, 0.1) is 5.41 Å². The molecule has 3 nitrogen and oxygen atoms in total. The maximum Gasteiger partial charge on any atom is 0.261 e. The monoisotopic (exact) mass is 276 g/mol. The molecule has 0 aromatic carbocycles. The van der Waals surface area contributed by atoms with Gasteiger partial charge < -0.3 is 4.74 Å². The predicted molar refractivity (Wildman–Crippen MR) is 57.4 cm³/mol. The third kappa shape index (κ3) is 4.93. The largest absolute Gasteiger partial charge is 0.375 e. The number of hydrogen-bond donors (Lipinski definition) is 0. The summed E-state index contributed by atoms with van der Waals surface area (Å²) in [7, 11) is 1.60. The molecule has 0 saturated heterocycles. The maximum absolute atomic E-state index is 11.9. The highest BCUT2D eigenvalue weighted by molar-refractivity contribution is 8.13. The van der Waals surface area contributed by atoms with Crippen molar-refractivity contribution in [1.29, 1.82) is 0 Å². The molecule has 1 saturated carbocycles. The Labute approximate surface area is 98.5 Å². The smallest absolute Gasteiger partial charge is 0.261 e. The highest BCUT2D eigenvalue weighted by atomic mass is 35.7. The number of rotatable bonds is 6. The van der Waals surface area contributed by atoms with Crippen LogP contribution in [0.15, 0.2) is 0 Å². The van der Waals surface area contributed by atoms with Crippen molar-refractivity contribution >= 4 is 19.7 Å². The van der Waals surface area contributed by atoms with Gasteiger partial charge in [-0.15, -0.1) is 0 Å². The van der Waals surface area contributed by atoms with Crippen molar-refractivity contribution in [3.8, 4) is 0 Å². The summed E-state index contributed by atoms with van der Waals surface area (Å²) in [5.74, 6) is -0.190. The Kier molecular flexibility index (Phi) is 4.94. The average Bonchev–Trinajstić information content (AvgIpc) is 2.49. The van der Waals surface area contributed by atoms with Gasteiger partial charge in [0.15, 0.2) is 0 Å². The maximum atomic E-state index is 11.9. The molecule has 1 aliphatic rings. The van der Waals surface area contributed by atoms with E-state index in [9.17, 15) is 17.2 Å². The molecule has 0 unspecified atom stereocenters. The SMILES string of the molecule is O=S(=O)(Cl)CC1(COCC(F)F)CCCC1. The number of alkyl halides is 2. The van der Waals surface area contributed by atoms with Crippen LogP contribution in [-0.2, 0) is 13.8 Å². The van der Waals surface area contributed by atoms with Crippen molar-refractivity contribution in [1.82, 2.24) is 0 Å². The lowest BCUT2D eigenvalue weighted by molar-refractivity contribution is -0.0142. The third-order valence-electron chi connectivity index (χ3n) is 2.79. The molecule has 16 heavy (non-hydrogen) atoms. The van der Waals surface area contributed by atoms with E-state index in [4.69, 9.17) is 15.4 Å². The van der Waals surface area contributed by atoms with Crippen molar-refractivity contribution in [2.75, 3.05) is 19.0 Å². The van der Waals surface area contributed by atoms with Gasteiger partial charge >= 0.3 is 0 Å². The minimum atomic E-state index is -3.61. The van der Waals surface area contributed by atoms with Crippen molar-refractivity contribution in [3.05, 3.63) is 0 Å². The normalized spacial score (nSPS) is 20.5. The first-order valence-corrected chi connectivity index (χ1v) is 7.59. The highest BCUT2D eigenvalue weighted by Gasteiger charge is 2.38. The van der Waals surface area contributed by atoms with Gasteiger partial charge in [-0.3, -0.25) is 0 Å². The molecular formula is C9H15ClF2O3S. The lowest BCUT2D eigenvalue weighted by atomic mass is 9.90. The zero-order chi connectivity index (χ0) is 12.2. The first kappa shape index (κ1) is 14.1. The standard InChI is InChI=1S/C9H15ClF2O3S/c10-16(13,14)7-9(3-1-2-4-9)6-15-5-8(11)12/h8H,1-7H2. The molecule has 1 rings (SSSR count). The zero-order valence-corrected chi connectivity index (χ0v) is 10.4. The summed E-state index contributed by atoms with van der Waals surface area (Å²) in [4.78, 5) is 0. The number of hydrogen-bond acceptors (Lipinski definition) is 3. The van der Waals surface area contributed by atoms with E-state index in [2.05, 4.69) is 0 Å². The first-order chi connectivity index (χ1) is 7.33. The van der Waals surface area contributed by atoms with E-state index in [0.717, 1.165) is 12.8 Å². The molecule has 0 amide bonds. The quantitative estimate of drug-likeness (QED) is 0.700. The second kappa shape index (κ2) is 5.60. The molecule has 1 aliphatic carbocycles. The van der Waals surface area contributed by atoms with Gasteiger partial charge in [0.25, 0.3) is 6.43 Å². The van der Waals surface area contributed by atoms with Gasteiger partial charge in [0.05, 0.1) is 12.4 Å². The lowest BCUT2D eigenvalue weighted by Crippen LogP contribution is -2.31. The summed E-state index contributed by atoms with van der Waals surface area (Å²) in [6.45, 7) is -0.604. The Bertz CT molecular complexity index is 313. The highest BCUT2D eigenvalue weighted by Crippen LogP contribution is 2.40. The second-order valence-corrected chi connectivity index (χ2v) is 7.07. The summed E-state index contributed by atoms with van der Waals surface area (Å²) in [6, 6.07) is 0. The van der Waals surface area contributed by atoms with Crippen LogP contribution in [0.2, 0.25) is 0 Å². The molecule has 0 heterocycles. The molecule has 0 aromatic heterocycles. The lowest BCUT2D eigenvalue weighted by Gasteiger charge is -2.26. The van der Waals surface area contributed by atoms with Crippen molar-refractivity contribution in [2.24, 2.45) is 5.41 Å². The van der Waals surface area contributed by atoms with E-state index in [-0.39, 0.29) is 12.4 Å². The Morgan fingerprint density at radius 1 is 1.31 bits per heavy atom. The summed E-state index contributed by atoms with van der Waals surface area (Å²) >= 11 is 0. The molecular weight excluding hydrogens is 262 g/mol. The van der Waals surface area contributed by atoms with Crippen LogP contribution in [-0.4, -0.2) is 33.8 Å². The van der Waals surface area contributed by atoms with Gasteiger partial charge in [-0.25, -0.2) is 17.2 Å². The van der Waals surface area contributed by atoms with Crippen molar-refractivity contribution < 1.29 is 21.9 Å². The zero-order valence-electron chi connectivity index (χ0n) is 8.79. The Hall–Kier alpha value is 0.0600. The van der Waals surface area contributed by atoms with Crippen molar-refractivity contribution in [2.45, 2.75) is 32.1 Å². The topological polar surface area (TPSA) is 43.4 Å². The van der Waals surface area contributed by atoms with Crippen LogP contribution in [0.3, 0.4) is 0 Å². The third-order valence-corrected chi connectivity index (χ3v) is 4.08. The molecule has 96 valence electrons. The summed E-state index contributed by atoms with van der Waals surface area (Å²) < 4.78 is 50.8. The van der Waals surface area contributed by atoms with Gasteiger partial charge in [-0.05, 0) is 12.8 Å². The van der Waals surface area contributed by atoms with Gasteiger partial charge in [-0.2, -0.15) is 0 Å². The molecule has 1 fully saturated rings. The fraction of sp³-hybridized carbons (Fsp3) is 1.00. The average molecular weight is 277 g/mol. The fourth-order valence-electron chi connectivity index (χ4n) is 2.19. The van der Waals surface area contributed by atoms with E-state index in [1.165, 1.54) is 0 Å². The van der Waals surface area contributed by atoms with Gasteiger partial charge in [0.2, 0.25) is 9.05 Å². The van der Waals surface area contributed by atoms with Crippen LogP contribution >= 0.6 is 10.7 Å². The Morgan fingerprint density at radius 3 is 2.31 bits per heavy atom. The van der Waals surface area contributed by atoms with Crippen LogP contribution in [0.5, 0.6) is 0 Å². The van der Waals surface area contributed by atoms with E-state index in [1.54, 1.807) is 0 Å². The van der Waals surface area contributed by atoms with Crippen LogP contribution in [0.1, 0.15) is 25.7 Å². The van der Waals surface area contributed by atoms with Gasteiger partial charge in [-0.1, -0.05) is 12.8 Å². The van der Waals surface area contributed by atoms with E-state index in [1.807, 2.05) is 0 Å². The van der Waals surface area contributed by atoms with Crippen molar-refractivity contribution in [3.63, 3.8) is 0 Å². The van der Waals surface area contributed by atoms with Gasteiger partial charge in [0, 0.05) is 16.1 Å². The summed E-state index contributed by atoms with van der Waals surface area (Å²) in [5.41, 5.74) is -0.560. The van der Waals surface area contributed by atoms with E-state index in [0.29, 0.717) is 12.8 Å². The molecule has 0 atom stereocenters. The van der Waals surface area contributed by atoms with Crippen LogP contribution in [0.25, 0.3) is 0 Å². The van der Waals surface area contributed by atoms with E-state index >= 15 is 0 Å². The van der Waals surface area contributed by atoms with Crippen LogP contribution in [0.4, 0.5) is 8.78 Å². The summed E-state index contributed by atoms with van der Waals surface area (Å²) in [6.07, 6.45) is 0.602. The predicted octanol–water partition coefficient (Wildman–Crippen LogP) is 2.40. The Balaban J connectivity index is 2.52.